The number of hydrogen-bond donors (Lipinski definition) is 3. The van der Waals surface area contributed by atoms with Crippen LogP contribution in [0.2, 0.25) is 0 Å². The third-order valence-corrected chi connectivity index (χ3v) is 3.95. The zero-order chi connectivity index (χ0) is 15.9. The van der Waals surface area contributed by atoms with Gasteiger partial charge in [0.25, 0.3) is 0 Å². The minimum absolute atomic E-state index is 0.0220. The highest BCUT2D eigenvalue weighted by molar-refractivity contribution is 7.99. The Bertz CT molecular complexity index is 488. The van der Waals surface area contributed by atoms with Gasteiger partial charge in [0.1, 0.15) is 5.75 Å². The van der Waals surface area contributed by atoms with Crippen LogP contribution in [-0.2, 0) is 4.79 Å². The van der Waals surface area contributed by atoms with Gasteiger partial charge in [0, 0.05) is 17.0 Å². The molecule has 2 amide bonds. The van der Waals surface area contributed by atoms with Gasteiger partial charge in [-0.25, -0.2) is 9.59 Å². The number of carboxylic acid groups (broad SMARTS) is 1. The number of nitrogens with one attached hydrogen (secondary N) is 2. The van der Waals surface area contributed by atoms with E-state index in [0.29, 0.717) is 18.0 Å². The summed E-state index contributed by atoms with van der Waals surface area (Å²) in [7, 11) is 0. The van der Waals surface area contributed by atoms with Crippen molar-refractivity contribution in [2.45, 2.75) is 18.6 Å². The maximum atomic E-state index is 11.7. The SMILES string of the molecule is CSC(C)(C)CNC(=O)Nc1ccc(OCC(=O)O)cc1. The molecule has 0 aliphatic rings. The van der Waals surface area contributed by atoms with Crippen molar-refractivity contribution < 1.29 is 19.4 Å². The van der Waals surface area contributed by atoms with Crippen LogP contribution in [-0.4, -0.2) is 41.3 Å². The molecule has 0 radical (unpaired) electrons. The van der Waals surface area contributed by atoms with Gasteiger partial charge in [-0.2, -0.15) is 11.8 Å². The molecule has 0 heterocycles. The first-order valence-corrected chi connectivity index (χ1v) is 7.59. The van der Waals surface area contributed by atoms with Gasteiger partial charge in [-0.05, 0) is 44.4 Å². The lowest BCUT2D eigenvalue weighted by Gasteiger charge is -2.22. The van der Waals surface area contributed by atoms with Crippen LogP contribution >= 0.6 is 11.8 Å². The van der Waals surface area contributed by atoms with Crippen molar-refractivity contribution in [2.75, 3.05) is 24.7 Å². The molecule has 21 heavy (non-hydrogen) atoms. The van der Waals surface area contributed by atoms with Crippen molar-refractivity contribution in [2.24, 2.45) is 0 Å². The first kappa shape index (κ1) is 17.2. The van der Waals surface area contributed by atoms with Crippen molar-refractivity contribution in [3.63, 3.8) is 0 Å². The van der Waals surface area contributed by atoms with E-state index in [2.05, 4.69) is 10.6 Å². The molecule has 116 valence electrons. The molecule has 0 unspecified atom stereocenters. The van der Waals surface area contributed by atoms with Gasteiger partial charge in [0.05, 0.1) is 0 Å². The summed E-state index contributed by atoms with van der Waals surface area (Å²) in [6, 6.07) is 6.22. The number of ether oxygens (including phenoxy) is 1. The number of carboxylic acids is 1. The average molecular weight is 312 g/mol. The van der Waals surface area contributed by atoms with Crippen LogP contribution in [0.4, 0.5) is 10.5 Å². The molecular weight excluding hydrogens is 292 g/mol. The van der Waals surface area contributed by atoms with Gasteiger partial charge >= 0.3 is 12.0 Å². The lowest BCUT2D eigenvalue weighted by Crippen LogP contribution is -2.38. The molecule has 0 bridgehead atoms. The van der Waals surface area contributed by atoms with E-state index in [-0.39, 0.29) is 10.8 Å². The highest BCUT2D eigenvalue weighted by Crippen LogP contribution is 2.19. The average Bonchev–Trinajstić information content (AvgIpc) is 2.44. The summed E-state index contributed by atoms with van der Waals surface area (Å²) >= 11 is 1.68. The first-order chi connectivity index (χ1) is 9.82. The van der Waals surface area contributed by atoms with Gasteiger partial charge in [0.2, 0.25) is 0 Å². The number of hydrogen-bond acceptors (Lipinski definition) is 4. The Morgan fingerprint density at radius 1 is 1.29 bits per heavy atom. The second-order valence-electron chi connectivity index (χ2n) is 4.98. The minimum atomic E-state index is -1.03. The van der Waals surface area contributed by atoms with Gasteiger partial charge in [0.15, 0.2) is 6.61 Å². The monoisotopic (exact) mass is 312 g/mol. The van der Waals surface area contributed by atoms with Crippen molar-refractivity contribution in [3.05, 3.63) is 24.3 Å². The molecule has 1 aromatic rings. The topological polar surface area (TPSA) is 87.7 Å². The van der Waals surface area contributed by atoms with E-state index in [1.54, 1.807) is 36.0 Å². The predicted octanol–water partition coefficient (Wildman–Crippen LogP) is 2.41. The van der Waals surface area contributed by atoms with Crippen LogP contribution in [0, 0.1) is 0 Å². The summed E-state index contributed by atoms with van der Waals surface area (Å²) < 4.78 is 4.98. The maximum Gasteiger partial charge on any atom is 0.341 e. The van der Waals surface area contributed by atoms with Crippen LogP contribution in [0.3, 0.4) is 0 Å². The number of urea groups is 1. The summed E-state index contributed by atoms with van der Waals surface area (Å²) in [4.78, 5) is 22.1. The molecule has 0 spiro atoms. The van der Waals surface area contributed by atoms with E-state index in [9.17, 15) is 9.59 Å². The number of anilines is 1. The quantitative estimate of drug-likeness (QED) is 0.719. The van der Waals surface area contributed by atoms with Crippen LogP contribution in [0.25, 0.3) is 0 Å². The number of aliphatic carboxylic acids is 1. The fourth-order valence-corrected chi connectivity index (χ4v) is 1.54. The maximum absolute atomic E-state index is 11.7. The van der Waals surface area contributed by atoms with E-state index in [1.165, 1.54) is 0 Å². The van der Waals surface area contributed by atoms with Crippen LogP contribution in [0.1, 0.15) is 13.8 Å². The van der Waals surface area contributed by atoms with E-state index in [4.69, 9.17) is 9.84 Å². The van der Waals surface area contributed by atoms with Crippen molar-refractivity contribution in [1.82, 2.24) is 5.32 Å². The lowest BCUT2D eigenvalue weighted by molar-refractivity contribution is -0.139. The van der Waals surface area contributed by atoms with Crippen molar-refractivity contribution in [3.8, 4) is 5.75 Å². The zero-order valence-corrected chi connectivity index (χ0v) is 13.1. The van der Waals surface area contributed by atoms with Gasteiger partial charge in [-0.15, -0.1) is 0 Å². The predicted molar refractivity (Wildman–Crippen MR) is 84.2 cm³/mol. The Hall–Kier alpha value is -1.89. The van der Waals surface area contributed by atoms with Gasteiger partial charge in [-0.3, -0.25) is 0 Å². The summed E-state index contributed by atoms with van der Waals surface area (Å²) in [6.45, 7) is 4.26. The zero-order valence-electron chi connectivity index (χ0n) is 12.3. The molecule has 0 saturated carbocycles. The first-order valence-electron chi connectivity index (χ1n) is 6.37. The summed E-state index contributed by atoms with van der Waals surface area (Å²) in [5, 5.41) is 14.0. The molecule has 0 aliphatic heterocycles. The second-order valence-corrected chi connectivity index (χ2v) is 6.49. The summed E-state index contributed by atoms with van der Waals surface area (Å²) in [5.41, 5.74) is 0.608. The van der Waals surface area contributed by atoms with E-state index < -0.39 is 12.6 Å². The second kappa shape index (κ2) is 7.78. The minimum Gasteiger partial charge on any atom is -0.482 e. The molecule has 0 atom stereocenters. The normalized spacial score (nSPS) is 10.8. The Balaban J connectivity index is 2.44. The van der Waals surface area contributed by atoms with Gasteiger partial charge in [-0.1, -0.05) is 0 Å². The molecule has 0 saturated heterocycles. The van der Waals surface area contributed by atoms with E-state index in [1.807, 2.05) is 20.1 Å². The Labute approximate surface area is 128 Å². The molecule has 3 N–H and O–H groups in total. The van der Waals surface area contributed by atoms with Crippen LogP contribution in [0.15, 0.2) is 24.3 Å². The number of benzene rings is 1. The molecule has 1 aromatic carbocycles. The Morgan fingerprint density at radius 3 is 2.43 bits per heavy atom. The van der Waals surface area contributed by atoms with E-state index >= 15 is 0 Å². The van der Waals surface area contributed by atoms with Crippen molar-refractivity contribution >= 4 is 29.4 Å². The largest absolute Gasteiger partial charge is 0.482 e. The number of amides is 2. The molecule has 7 heteroatoms. The smallest absolute Gasteiger partial charge is 0.341 e. The Kier molecular flexibility index (Phi) is 6.36. The fourth-order valence-electron chi connectivity index (χ4n) is 1.32. The number of rotatable bonds is 7. The summed E-state index contributed by atoms with van der Waals surface area (Å²) in [5.74, 6) is -0.597. The number of thioether (sulfide) groups is 1. The highest BCUT2D eigenvalue weighted by Gasteiger charge is 2.16. The number of carbonyl (C=O) groups excluding carboxylic acids is 1. The molecular formula is C14H20N2O4S. The van der Waals surface area contributed by atoms with Crippen LogP contribution < -0.4 is 15.4 Å². The number of carbonyl (C=O) groups is 2. The Morgan fingerprint density at radius 2 is 1.90 bits per heavy atom. The fraction of sp³-hybridized carbons (Fsp3) is 0.429. The molecule has 0 fully saturated rings. The summed E-state index contributed by atoms with van der Waals surface area (Å²) in [6.07, 6.45) is 2.00. The standard InChI is InChI=1S/C14H20N2O4S/c1-14(2,21-3)9-15-13(19)16-10-4-6-11(7-5-10)20-8-12(17)18/h4-7H,8-9H2,1-3H3,(H,17,18)(H2,15,16,19). The lowest BCUT2D eigenvalue weighted by atomic mass is 10.2. The molecule has 0 aromatic heterocycles. The van der Waals surface area contributed by atoms with Crippen LogP contribution in [0.5, 0.6) is 5.75 Å². The highest BCUT2D eigenvalue weighted by atomic mass is 32.2. The third kappa shape index (κ3) is 6.89. The molecule has 6 nitrogen and oxygen atoms in total. The third-order valence-electron chi connectivity index (χ3n) is 2.70. The molecule has 0 aliphatic carbocycles. The van der Waals surface area contributed by atoms with E-state index in [0.717, 1.165) is 0 Å². The molecule has 1 rings (SSSR count). The van der Waals surface area contributed by atoms with Gasteiger partial charge < -0.3 is 20.5 Å². The van der Waals surface area contributed by atoms with Crippen molar-refractivity contribution in [1.29, 1.82) is 0 Å².